The highest BCUT2D eigenvalue weighted by molar-refractivity contribution is 5.25. The zero-order valence-electron chi connectivity index (χ0n) is 12.9. The highest BCUT2D eigenvalue weighted by Crippen LogP contribution is 2.22. The molecule has 0 spiro atoms. The first-order valence-electron chi connectivity index (χ1n) is 7.43. The van der Waals surface area contributed by atoms with Crippen molar-refractivity contribution in [3.63, 3.8) is 0 Å². The van der Waals surface area contributed by atoms with Crippen LogP contribution in [0.25, 0.3) is 0 Å². The largest absolute Gasteiger partial charge is 0.313 e. The topological polar surface area (TPSA) is 15.3 Å². The van der Waals surface area contributed by atoms with Crippen LogP contribution in [0.1, 0.15) is 37.8 Å². The lowest BCUT2D eigenvalue weighted by atomic mass is 9.92. The Bertz CT molecular complexity index is 407. The molecule has 1 saturated carbocycles. The first kappa shape index (κ1) is 14.5. The van der Waals surface area contributed by atoms with Gasteiger partial charge in [-0.3, -0.25) is 0 Å². The molecule has 0 aliphatic heterocycles. The van der Waals surface area contributed by atoms with Crippen LogP contribution in [-0.2, 0) is 6.54 Å². The van der Waals surface area contributed by atoms with Gasteiger partial charge in [0.25, 0.3) is 0 Å². The number of benzene rings is 1. The van der Waals surface area contributed by atoms with Gasteiger partial charge in [-0.2, -0.15) is 0 Å². The van der Waals surface area contributed by atoms with Gasteiger partial charge in [-0.15, -0.1) is 0 Å². The molecule has 2 heteroatoms. The molecule has 0 saturated heterocycles. The quantitative estimate of drug-likeness (QED) is 0.810. The summed E-state index contributed by atoms with van der Waals surface area (Å²) >= 11 is 0. The van der Waals surface area contributed by atoms with Gasteiger partial charge in [-0.1, -0.05) is 38.1 Å². The fraction of sp³-hybridized carbons (Fsp3) is 0.647. The first-order chi connectivity index (χ1) is 8.96. The van der Waals surface area contributed by atoms with E-state index in [4.69, 9.17) is 0 Å². The zero-order valence-corrected chi connectivity index (χ0v) is 12.9. The van der Waals surface area contributed by atoms with E-state index < -0.39 is 0 Å². The summed E-state index contributed by atoms with van der Waals surface area (Å²) in [5.41, 5.74) is 3.17. The summed E-state index contributed by atoms with van der Waals surface area (Å²) in [7, 11) is 2.23. The predicted octanol–water partition coefficient (Wildman–Crippen LogP) is 3.21. The van der Waals surface area contributed by atoms with Crippen LogP contribution in [0.15, 0.2) is 24.3 Å². The molecular formula is C17H28N2. The maximum absolute atomic E-state index is 3.65. The number of aryl methyl sites for hydroxylation is 1. The molecule has 1 aromatic carbocycles. The van der Waals surface area contributed by atoms with Crippen molar-refractivity contribution in [1.29, 1.82) is 0 Å². The molecule has 2 rings (SSSR count). The SMILES string of the molecule is Cc1ccccc1CN(C)CC(C)(C)CNC1CC1. The van der Waals surface area contributed by atoms with E-state index in [1.807, 2.05) is 0 Å². The number of rotatable bonds is 7. The van der Waals surface area contributed by atoms with Gasteiger partial charge in [-0.05, 0) is 43.4 Å². The first-order valence-corrected chi connectivity index (χ1v) is 7.43. The van der Waals surface area contributed by atoms with E-state index in [0.29, 0.717) is 5.41 Å². The lowest BCUT2D eigenvalue weighted by molar-refractivity contribution is 0.198. The molecular weight excluding hydrogens is 232 g/mol. The molecule has 0 unspecified atom stereocenters. The smallest absolute Gasteiger partial charge is 0.0233 e. The van der Waals surface area contributed by atoms with E-state index >= 15 is 0 Å². The van der Waals surface area contributed by atoms with Crippen LogP contribution in [0, 0.1) is 12.3 Å². The Morgan fingerprint density at radius 1 is 1.26 bits per heavy atom. The van der Waals surface area contributed by atoms with Gasteiger partial charge in [0.05, 0.1) is 0 Å². The van der Waals surface area contributed by atoms with Gasteiger partial charge < -0.3 is 10.2 Å². The molecule has 0 radical (unpaired) electrons. The van der Waals surface area contributed by atoms with Gasteiger partial charge in [0.2, 0.25) is 0 Å². The Morgan fingerprint density at radius 2 is 1.95 bits per heavy atom. The number of hydrogen-bond donors (Lipinski definition) is 1. The molecule has 1 fully saturated rings. The molecule has 1 N–H and O–H groups in total. The Morgan fingerprint density at radius 3 is 2.58 bits per heavy atom. The number of nitrogens with one attached hydrogen (secondary N) is 1. The second kappa shape index (κ2) is 6.06. The summed E-state index contributed by atoms with van der Waals surface area (Å²) in [4.78, 5) is 2.44. The van der Waals surface area contributed by atoms with Crippen molar-refractivity contribution in [3.8, 4) is 0 Å². The van der Waals surface area contributed by atoms with E-state index in [0.717, 1.165) is 25.7 Å². The Labute approximate surface area is 118 Å². The summed E-state index contributed by atoms with van der Waals surface area (Å²) in [5.74, 6) is 0. The lowest BCUT2D eigenvalue weighted by Gasteiger charge is -2.31. The maximum atomic E-state index is 3.65. The average Bonchev–Trinajstić information content (AvgIpc) is 3.13. The predicted molar refractivity (Wildman–Crippen MR) is 82.3 cm³/mol. The summed E-state index contributed by atoms with van der Waals surface area (Å²) in [6.07, 6.45) is 2.74. The fourth-order valence-corrected chi connectivity index (χ4v) is 2.63. The van der Waals surface area contributed by atoms with Crippen molar-refractivity contribution in [3.05, 3.63) is 35.4 Å². The third kappa shape index (κ3) is 4.96. The third-order valence-corrected chi connectivity index (χ3v) is 3.85. The number of nitrogens with zero attached hydrogens (tertiary/aromatic N) is 1. The second-order valence-electron chi connectivity index (χ2n) is 6.92. The lowest BCUT2D eigenvalue weighted by Crippen LogP contribution is -2.39. The van der Waals surface area contributed by atoms with Gasteiger partial charge in [0, 0.05) is 25.7 Å². The van der Waals surface area contributed by atoms with Crippen molar-refractivity contribution in [2.24, 2.45) is 5.41 Å². The van der Waals surface area contributed by atoms with Crippen molar-refractivity contribution < 1.29 is 0 Å². The standard InChI is InChI=1S/C17H28N2/c1-14-7-5-6-8-15(14)11-19(4)13-17(2,3)12-18-16-9-10-16/h5-8,16,18H,9-13H2,1-4H3. The minimum Gasteiger partial charge on any atom is -0.313 e. The summed E-state index contributed by atoms with van der Waals surface area (Å²) in [5, 5.41) is 3.65. The zero-order chi connectivity index (χ0) is 13.9. The van der Waals surface area contributed by atoms with Crippen molar-refractivity contribution in [1.82, 2.24) is 10.2 Å². The molecule has 0 atom stereocenters. The van der Waals surface area contributed by atoms with Crippen LogP contribution in [-0.4, -0.2) is 31.1 Å². The van der Waals surface area contributed by atoms with Gasteiger partial charge >= 0.3 is 0 Å². The van der Waals surface area contributed by atoms with Gasteiger partial charge in [0.15, 0.2) is 0 Å². The van der Waals surface area contributed by atoms with Crippen LogP contribution >= 0.6 is 0 Å². The van der Waals surface area contributed by atoms with E-state index in [-0.39, 0.29) is 0 Å². The fourth-order valence-electron chi connectivity index (χ4n) is 2.63. The molecule has 106 valence electrons. The van der Waals surface area contributed by atoms with E-state index in [9.17, 15) is 0 Å². The maximum Gasteiger partial charge on any atom is 0.0233 e. The van der Waals surface area contributed by atoms with Crippen molar-refractivity contribution in [2.75, 3.05) is 20.1 Å². The Balaban J connectivity index is 1.82. The van der Waals surface area contributed by atoms with Crippen LogP contribution < -0.4 is 5.32 Å². The monoisotopic (exact) mass is 260 g/mol. The third-order valence-electron chi connectivity index (χ3n) is 3.85. The highest BCUT2D eigenvalue weighted by Gasteiger charge is 2.26. The van der Waals surface area contributed by atoms with Crippen LogP contribution in [0.4, 0.5) is 0 Å². The molecule has 0 amide bonds. The molecule has 1 aliphatic carbocycles. The van der Waals surface area contributed by atoms with Gasteiger partial charge in [-0.25, -0.2) is 0 Å². The molecule has 2 nitrogen and oxygen atoms in total. The van der Waals surface area contributed by atoms with Crippen LogP contribution in [0.5, 0.6) is 0 Å². The van der Waals surface area contributed by atoms with E-state index in [2.05, 4.69) is 62.3 Å². The normalized spacial score (nSPS) is 16.1. The van der Waals surface area contributed by atoms with Crippen molar-refractivity contribution >= 4 is 0 Å². The van der Waals surface area contributed by atoms with Crippen LogP contribution in [0.3, 0.4) is 0 Å². The Hall–Kier alpha value is -0.860. The molecule has 1 aromatic rings. The molecule has 19 heavy (non-hydrogen) atoms. The van der Waals surface area contributed by atoms with Gasteiger partial charge in [0.1, 0.15) is 0 Å². The minimum absolute atomic E-state index is 0.333. The van der Waals surface area contributed by atoms with E-state index in [1.165, 1.54) is 24.0 Å². The molecule has 0 heterocycles. The molecule has 0 aromatic heterocycles. The highest BCUT2D eigenvalue weighted by atomic mass is 15.1. The minimum atomic E-state index is 0.333. The summed E-state index contributed by atoms with van der Waals surface area (Å²) in [6.45, 7) is 10.2. The average molecular weight is 260 g/mol. The summed E-state index contributed by atoms with van der Waals surface area (Å²) in [6, 6.07) is 9.49. The van der Waals surface area contributed by atoms with E-state index in [1.54, 1.807) is 0 Å². The van der Waals surface area contributed by atoms with Crippen LogP contribution in [0.2, 0.25) is 0 Å². The number of hydrogen-bond acceptors (Lipinski definition) is 2. The second-order valence-corrected chi connectivity index (χ2v) is 6.92. The molecule has 0 bridgehead atoms. The summed E-state index contributed by atoms with van der Waals surface area (Å²) < 4.78 is 0. The van der Waals surface area contributed by atoms with Crippen molar-refractivity contribution in [2.45, 2.75) is 46.2 Å². The molecule has 1 aliphatic rings. The Kier molecular flexibility index (Phi) is 4.64.